The standard InChI is InChI=1S/C14H19NO5/c16-13(17)11-3-1-2-4-12(11)20-8-6-15-9-14(18)5-7-19-10-14/h1-4,15,18H,5-10H2,(H,16,17). The fourth-order valence-electron chi connectivity index (χ4n) is 2.06. The van der Waals surface area contributed by atoms with Gasteiger partial charge in [-0.1, -0.05) is 12.1 Å². The van der Waals surface area contributed by atoms with E-state index in [1.54, 1.807) is 18.2 Å². The summed E-state index contributed by atoms with van der Waals surface area (Å²) in [5.74, 6) is -0.657. The van der Waals surface area contributed by atoms with Gasteiger partial charge in [-0.05, 0) is 12.1 Å². The molecule has 110 valence electrons. The maximum atomic E-state index is 11.0. The number of benzene rings is 1. The molecule has 1 heterocycles. The topological polar surface area (TPSA) is 88.0 Å². The highest BCUT2D eigenvalue weighted by atomic mass is 16.5. The molecule has 0 aliphatic carbocycles. The zero-order valence-corrected chi connectivity index (χ0v) is 11.2. The van der Waals surface area contributed by atoms with E-state index in [-0.39, 0.29) is 5.56 Å². The Morgan fingerprint density at radius 1 is 1.45 bits per heavy atom. The van der Waals surface area contributed by atoms with Gasteiger partial charge in [-0.15, -0.1) is 0 Å². The summed E-state index contributed by atoms with van der Waals surface area (Å²) in [4.78, 5) is 11.0. The molecule has 0 aromatic heterocycles. The predicted molar refractivity (Wildman–Crippen MR) is 72.2 cm³/mol. The minimum absolute atomic E-state index is 0.148. The second-order valence-corrected chi connectivity index (χ2v) is 4.85. The minimum Gasteiger partial charge on any atom is -0.491 e. The minimum atomic E-state index is -1.01. The van der Waals surface area contributed by atoms with Crippen LogP contribution in [0, 0.1) is 0 Å². The number of hydrogen-bond acceptors (Lipinski definition) is 5. The molecular formula is C14H19NO5. The van der Waals surface area contributed by atoms with Crippen LogP contribution in [0.3, 0.4) is 0 Å². The maximum Gasteiger partial charge on any atom is 0.339 e. The van der Waals surface area contributed by atoms with Crippen molar-refractivity contribution in [3.63, 3.8) is 0 Å². The lowest BCUT2D eigenvalue weighted by molar-refractivity contribution is 0.0266. The lowest BCUT2D eigenvalue weighted by Crippen LogP contribution is -2.42. The number of aliphatic hydroxyl groups is 1. The zero-order valence-electron chi connectivity index (χ0n) is 11.2. The van der Waals surface area contributed by atoms with Crippen LogP contribution in [0.5, 0.6) is 5.75 Å². The van der Waals surface area contributed by atoms with E-state index in [0.29, 0.717) is 45.1 Å². The predicted octanol–water partition coefficient (Wildman–Crippen LogP) is 0.505. The van der Waals surface area contributed by atoms with Crippen LogP contribution in [-0.4, -0.2) is 54.7 Å². The fourth-order valence-corrected chi connectivity index (χ4v) is 2.06. The van der Waals surface area contributed by atoms with Gasteiger partial charge in [0.25, 0.3) is 0 Å². The van der Waals surface area contributed by atoms with Crippen LogP contribution in [0.25, 0.3) is 0 Å². The van der Waals surface area contributed by atoms with Gasteiger partial charge in [0.1, 0.15) is 23.5 Å². The van der Waals surface area contributed by atoms with Gasteiger partial charge in [0.2, 0.25) is 0 Å². The molecule has 3 N–H and O–H groups in total. The first kappa shape index (κ1) is 14.8. The van der Waals surface area contributed by atoms with Crippen LogP contribution in [0.1, 0.15) is 16.8 Å². The van der Waals surface area contributed by atoms with Gasteiger partial charge < -0.3 is 25.0 Å². The number of hydrogen-bond donors (Lipinski definition) is 3. The highest BCUT2D eigenvalue weighted by Crippen LogP contribution is 2.18. The molecule has 2 rings (SSSR count). The largest absolute Gasteiger partial charge is 0.491 e. The highest BCUT2D eigenvalue weighted by molar-refractivity contribution is 5.90. The van der Waals surface area contributed by atoms with Crippen molar-refractivity contribution < 1.29 is 24.5 Å². The Morgan fingerprint density at radius 2 is 2.25 bits per heavy atom. The number of ether oxygens (including phenoxy) is 2. The molecule has 1 saturated heterocycles. The van der Waals surface area contributed by atoms with E-state index >= 15 is 0 Å². The van der Waals surface area contributed by atoms with Crippen molar-refractivity contribution in [2.45, 2.75) is 12.0 Å². The van der Waals surface area contributed by atoms with Gasteiger partial charge in [-0.2, -0.15) is 0 Å². The van der Waals surface area contributed by atoms with Gasteiger partial charge in [-0.25, -0.2) is 4.79 Å². The Labute approximate surface area is 117 Å². The van der Waals surface area contributed by atoms with Crippen molar-refractivity contribution in [2.75, 3.05) is 32.9 Å². The molecule has 6 heteroatoms. The van der Waals surface area contributed by atoms with Crippen LogP contribution in [-0.2, 0) is 4.74 Å². The Kier molecular flexibility index (Phi) is 4.94. The smallest absolute Gasteiger partial charge is 0.339 e. The molecule has 1 unspecified atom stereocenters. The Morgan fingerprint density at radius 3 is 2.95 bits per heavy atom. The average Bonchev–Trinajstić information content (AvgIpc) is 2.86. The van der Waals surface area contributed by atoms with E-state index in [1.165, 1.54) is 6.07 Å². The molecule has 6 nitrogen and oxygen atoms in total. The van der Waals surface area contributed by atoms with E-state index in [1.807, 2.05) is 0 Å². The Hall–Kier alpha value is -1.63. The Bertz CT molecular complexity index is 457. The van der Waals surface area contributed by atoms with Crippen LogP contribution < -0.4 is 10.1 Å². The zero-order chi connectivity index (χ0) is 14.4. The molecule has 1 aliphatic rings. The number of carboxylic acid groups (broad SMARTS) is 1. The van der Waals surface area contributed by atoms with E-state index in [4.69, 9.17) is 14.6 Å². The van der Waals surface area contributed by atoms with E-state index < -0.39 is 11.6 Å². The molecule has 1 aromatic carbocycles. The normalized spacial score (nSPS) is 21.9. The molecule has 0 bridgehead atoms. The second kappa shape index (κ2) is 6.69. The third-order valence-electron chi connectivity index (χ3n) is 3.19. The first-order valence-electron chi connectivity index (χ1n) is 6.57. The van der Waals surface area contributed by atoms with Crippen molar-refractivity contribution in [1.82, 2.24) is 5.32 Å². The number of aromatic carboxylic acids is 1. The number of para-hydroxylation sites is 1. The lowest BCUT2D eigenvalue weighted by Gasteiger charge is -2.20. The maximum absolute atomic E-state index is 11.0. The van der Waals surface area contributed by atoms with Crippen molar-refractivity contribution in [1.29, 1.82) is 0 Å². The number of carbonyl (C=O) groups is 1. The summed E-state index contributed by atoms with van der Waals surface area (Å²) in [6.45, 7) is 2.23. The third kappa shape index (κ3) is 3.93. The van der Waals surface area contributed by atoms with Crippen molar-refractivity contribution in [3.05, 3.63) is 29.8 Å². The van der Waals surface area contributed by atoms with E-state index in [9.17, 15) is 9.90 Å². The summed E-state index contributed by atoms with van der Waals surface area (Å²) < 4.78 is 10.6. The summed E-state index contributed by atoms with van der Waals surface area (Å²) in [6.07, 6.45) is 0.628. The molecule has 1 aliphatic heterocycles. The molecule has 0 radical (unpaired) electrons. The van der Waals surface area contributed by atoms with Crippen LogP contribution in [0.4, 0.5) is 0 Å². The van der Waals surface area contributed by atoms with Gasteiger partial charge in [0, 0.05) is 26.1 Å². The van der Waals surface area contributed by atoms with Gasteiger partial charge in [-0.3, -0.25) is 0 Å². The average molecular weight is 281 g/mol. The molecule has 0 spiro atoms. The van der Waals surface area contributed by atoms with Crippen LogP contribution in [0.2, 0.25) is 0 Å². The highest BCUT2D eigenvalue weighted by Gasteiger charge is 2.31. The number of carboxylic acids is 1. The molecule has 0 amide bonds. The second-order valence-electron chi connectivity index (χ2n) is 4.85. The molecule has 20 heavy (non-hydrogen) atoms. The lowest BCUT2D eigenvalue weighted by atomic mass is 10.0. The van der Waals surface area contributed by atoms with Crippen molar-refractivity contribution in [2.24, 2.45) is 0 Å². The molecular weight excluding hydrogens is 262 g/mol. The number of rotatable bonds is 7. The van der Waals surface area contributed by atoms with Gasteiger partial charge in [0.05, 0.1) is 6.61 Å². The summed E-state index contributed by atoms with van der Waals surface area (Å²) in [5, 5.41) is 22.1. The molecule has 0 saturated carbocycles. The first-order valence-corrected chi connectivity index (χ1v) is 6.57. The summed E-state index contributed by atoms with van der Waals surface area (Å²) in [5.41, 5.74) is -0.644. The monoisotopic (exact) mass is 281 g/mol. The van der Waals surface area contributed by atoms with Crippen LogP contribution in [0.15, 0.2) is 24.3 Å². The third-order valence-corrected chi connectivity index (χ3v) is 3.19. The molecule has 1 atom stereocenters. The fraction of sp³-hybridized carbons (Fsp3) is 0.500. The first-order chi connectivity index (χ1) is 9.61. The number of nitrogens with one attached hydrogen (secondary N) is 1. The van der Waals surface area contributed by atoms with Crippen molar-refractivity contribution >= 4 is 5.97 Å². The van der Waals surface area contributed by atoms with Gasteiger partial charge >= 0.3 is 5.97 Å². The summed E-state index contributed by atoms with van der Waals surface area (Å²) in [7, 11) is 0. The quantitative estimate of drug-likeness (QED) is 0.631. The van der Waals surface area contributed by atoms with E-state index in [2.05, 4.69) is 5.32 Å². The van der Waals surface area contributed by atoms with E-state index in [0.717, 1.165) is 0 Å². The Balaban J connectivity index is 1.72. The SMILES string of the molecule is O=C(O)c1ccccc1OCCNCC1(O)CCOC1. The summed E-state index contributed by atoms with van der Waals surface area (Å²) in [6, 6.07) is 6.52. The molecule has 1 aromatic rings. The molecule has 1 fully saturated rings. The van der Waals surface area contributed by atoms with Gasteiger partial charge in [0.15, 0.2) is 0 Å². The van der Waals surface area contributed by atoms with Crippen molar-refractivity contribution in [3.8, 4) is 5.75 Å². The van der Waals surface area contributed by atoms with Crippen LogP contribution >= 0.6 is 0 Å². The summed E-state index contributed by atoms with van der Waals surface area (Å²) >= 11 is 0.